The topological polar surface area (TPSA) is 83.8 Å². The number of imidazole rings is 1. The van der Waals surface area contributed by atoms with Gasteiger partial charge in [0.1, 0.15) is 0 Å². The minimum atomic E-state index is -0.137. The lowest BCUT2D eigenvalue weighted by Gasteiger charge is -2.10. The minimum Gasteiger partial charge on any atom is -0.369 e. The van der Waals surface area contributed by atoms with Gasteiger partial charge in [-0.1, -0.05) is 30.3 Å². The number of benzene rings is 3. The Bertz CT molecular complexity index is 1080. The normalized spacial score (nSPS) is 11.0. The lowest BCUT2D eigenvalue weighted by Crippen LogP contribution is -2.12. The van der Waals surface area contributed by atoms with E-state index in [9.17, 15) is 4.79 Å². The largest absolute Gasteiger partial charge is 0.369 e. The van der Waals surface area contributed by atoms with Crippen LogP contribution >= 0.6 is 0 Å². The van der Waals surface area contributed by atoms with E-state index in [0.29, 0.717) is 17.2 Å². The molecule has 5 heteroatoms. The molecule has 0 saturated carbocycles. The molecular formula is C19H16N4O. The number of nitrogens with zero attached hydrogens (tertiary/aromatic N) is 1. The number of amides is 1. The van der Waals surface area contributed by atoms with Crippen LogP contribution in [0.3, 0.4) is 0 Å². The predicted octanol–water partition coefficient (Wildman–Crippen LogP) is 3.86. The van der Waals surface area contributed by atoms with E-state index < -0.39 is 0 Å². The standard InChI is InChI=1S/C19H16N4O/c1-11-4-2-5-12-6-3-7-14(17(11)12)18(24)21-13-8-9-15-16(10-13)23-19(20)22-15/h2-10H,1H3,(H,21,24)(H3,20,22,23). The number of aromatic amines is 1. The maximum atomic E-state index is 12.8. The van der Waals surface area contributed by atoms with E-state index in [1.54, 1.807) is 0 Å². The van der Waals surface area contributed by atoms with Gasteiger partial charge < -0.3 is 16.0 Å². The fraction of sp³-hybridized carbons (Fsp3) is 0.0526. The van der Waals surface area contributed by atoms with Crippen molar-refractivity contribution in [3.63, 3.8) is 0 Å². The molecule has 0 aliphatic rings. The first-order valence-electron chi connectivity index (χ1n) is 7.67. The summed E-state index contributed by atoms with van der Waals surface area (Å²) >= 11 is 0. The molecule has 0 unspecified atom stereocenters. The highest BCUT2D eigenvalue weighted by atomic mass is 16.1. The van der Waals surface area contributed by atoms with E-state index in [1.165, 1.54) is 0 Å². The van der Waals surface area contributed by atoms with Crippen LogP contribution in [0.15, 0.2) is 54.6 Å². The molecule has 0 spiro atoms. The molecule has 4 N–H and O–H groups in total. The summed E-state index contributed by atoms with van der Waals surface area (Å²) in [5, 5.41) is 4.98. The first kappa shape index (κ1) is 14.3. The highest BCUT2D eigenvalue weighted by molar-refractivity contribution is 6.14. The molecule has 0 saturated heterocycles. The molecule has 0 aliphatic carbocycles. The Morgan fingerprint density at radius 2 is 1.92 bits per heavy atom. The van der Waals surface area contributed by atoms with Crippen LogP contribution < -0.4 is 11.1 Å². The molecule has 0 atom stereocenters. The van der Waals surface area contributed by atoms with E-state index in [2.05, 4.69) is 15.3 Å². The SMILES string of the molecule is Cc1cccc2cccc(C(=O)Nc3ccc4nc(N)[nH]c4c3)c12. The van der Waals surface area contributed by atoms with Crippen LogP contribution in [-0.2, 0) is 0 Å². The van der Waals surface area contributed by atoms with Gasteiger partial charge in [-0.05, 0) is 47.5 Å². The Morgan fingerprint density at radius 1 is 1.12 bits per heavy atom. The Kier molecular flexibility index (Phi) is 3.20. The van der Waals surface area contributed by atoms with Crippen LogP contribution in [0.5, 0.6) is 0 Å². The summed E-state index contributed by atoms with van der Waals surface area (Å²) in [5.41, 5.74) is 9.66. The van der Waals surface area contributed by atoms with Crippen LogP contribution in [0.25, 0.3) is 21.8 Å². The first-order chi connectivity index (χ1) is 11.6. The maximum absolute atomic E-state index is 12.8. The quantitative estimate of drug-likeness (QED) is 0.525. The van der Waals surface area contributed by atoms with Gasteiger partial charge in [-0.15, -0.1) is 0 Å². The van der Waals surface area contributed by atoms with Crippen molar-refractivity contribution in [2.75, 3.05) is 11.1 Å². The number of aromatic nitrogens is 2. The van der Waals surface area contributed by atoms with Gasteiger partial charge in [0.05, 0.1) is 11.0 Å². The van der Waals surface area contributed by atoms with Crippen molar-refractivity contribution >= 4 is 39.3 Å². The second-order valence-corrected chi connectivity index (χ2v) is 5.79. The summed E-state index contributed by atoms with van der Waals surface area (Å²) in [6.07, 6.45) is 0. The minimum absolute atomic E-state index is 0.137. The summed E-state index contributed by atoms with van der Waals surface area (Å²) < 4.78 is 0. The van der Waals surface area contributed by atoms with Crippen LogP contribution in [0.2, 0.25) is 0 Å². The van der Waals surface area contributed by atoms with E-state index in [0.717, 1.165) is 27.4 Å². The van der Waals surface area contributed by atoms with Crippen molar-refractivity contribution in [1.29, 1.82) is 0 Å². The summed E-state index contributed by atoms with van der Waals surface area (Å²) in [7, 11) is 0. The third-order valence-corrected chi connectivity index (χ3v) is 4.12. The summed E-state index contributed by atoms with van der Waals surface area (Å²) in [5.74, 6) is 0.222. The number of nitrogens with two attached hydrogens (primary N) is 1. The van der Waals surface area contributed by atoms with Crippen LogP contribution in [0.1, 0.15) is 15.9 Å². The molecule has 4 rings (SSSR count). The lowest BCUT2D eigenvalue weighted by atomic mass is 9.99. The van der Waals surface area contributed by atoms with Crippen LogP contribution in [0.4, 0.5) is 11.6 Å². The van der Waals surface area contributed by atoms with Gasteiger partial charge in [0.2, 0.25) is 0 Å². The van der Waals surface area contributed by atoms with Crippen molar-refractivity contribution in [1.82, 2.24) is 9.97 Å². The lowest BCUT2D eigenvalue weighted by molar-refractivity contribution is 0.102. The summed E-state index contributed by atoms with van der Waals surface area (Å²) in [6.45, 7) is 2.01. The molecule has 1 heterocycles. The second kappa shape index (κ2) is 5.38. The monoisotopic (exact) mass is 316 g/mol. The van der Waals surface area contributed by atoms with Crippen molar-refractivity contribution in [2.45, 2.75) is 6.92 Å². The van der Waals surface area contributed by atoms with E-state index in [-0.39, 0.29) is 5.91 Å². The number of anilines is 2. The van der Waals surface area contributed by atoms with E-state index >= 15 is 0 Å². The number of fused-ring (bicyclic) bond motifs is 2. The molecule has 118 valence electrons. The molecule has 0 fully saturated rings. The predicted molar refractivity (Wildman–Crippen MR) is 97.1 cm³/mol. The number of nitrogen functional groups attached to an aromatic ring is 1. The van der Waals surface area contributed by atoms with E-state index in [1.807, 2.05) is 61.5 Å². The number of hydrogen-bond donors (Lipinski definition) is 3. The Morgan fingerprint density at radius 3 is 2.75 bits per heavy atom. The number of nitrogens with one attached hydrogen (secondary N) is 2. The van der Waals surface area contributed by atoms with E-state index in [4.69, 9.17) is 5.73 Å². The van der Waals surface area contributed by atoms with Gasteiger partial charge >= 0.3 is 0 Å². The van der Waals surface area contributed by atoms with Crippen molar-refractivity contribution in [3.8, 4) is 0 Å². The number of aryl methyl sites for hydroxylation is 1. The van der Waals surface area contributed by atoms with Gasteiger partial charge in [0.15, 0.2) is 5.95 Å². The zero-order chi connectivity index (χ0) is 16.7. The fourth-order valence-corrected chi connectivity index (χ4v) is 3.02. The van der Waals surface area contributed by atoms with Gasteiger partial charge in [-0.3, -0.25) is 4.79 Å². The van der Waals surface area contributed by atoms with Crippen molar-refractivity contribution in [3.05, 3.63) is 65.7 Å². The average molecular weight is 316 g/mol. The van der Waals surface area contributed by atoms with Gasteiger partial charge in [0, 0.05) is 11.3 Å². The van der Waals surface area contributed by atoms with Crippen LogP contribution in [0, 0.1) is 6.92 Å². The van der Waals surface area contributed by atoms with Crippen molar-refractivity contribution < 1.29 is 4.79 Å². The Labute approximate surface area is 138 Å². The molecule has 5 nitrogen and oxygen atoms in total. The molecule has 1 amide bonds. The molecule has 1 aromatic heterocycles. The zero-order valence-corrected chi connectivity index (χ0v) is 13.1. The molecule has 0 bridgehead atoms. The smallest absolute Gasteiger partial charge is 0.256 e. The molecule has 24 heavy (non-hydrogen) atoms. The number of hydrogen-bond acceptors (Lipinski definition) is 3. The average Bonchev–Trinajstić information content (AvgIpc) is 2.94. The Hall–Kier alpha value is -3.34. The summed E-state index contributed by atoms with van der Waals surface area (Å²) in [6, 6.07) is 17.2. The molecule has 0 aliphatic heterocycles. The fourth-order valence-electron chi connectivity index (χ4n) is 3.02. The van der Waals surface area contributed by atoms with Crippen molar-refractivity contribution in [2.24, 2.45) is 0 Å². The Balaban J connectivity index is 1.73. The highest BCUT2D eigenvalue weighted by Gasteiger charge is 2.12. The third kappa shape index (κ3) is 2.36. The first-order valence-corrected chi connectivity index (χ1v) is 7.67. The van der Waals surface area contributed by atoms with Gasteiger partial charge in [-0.2, -0.15) is 0 Å². The molecule has 4 aromatic rings. The second-order valence-electron chi connectivity index (χ2n) is 5.79. The zero-order valence-electron chi connectivity index (χ0n) is 13.1. The third-order valence-electron chi connectivity index (χ3n) is 4.12. The highest BCUT2D eigenvalue weighted by Crippen LogP contribution is 2.24. The van der Waals surface area contributed by atoms with Gasteiger partial charge in [0.25, 0.3) is 5.91 Å². The van der Waals surface area contributed by atoms with Crippen LogP contribution in [-0.4, -0.2) is 15.9 Å². The number of carbonyl (C=O) groups excluding carboxylic acids is 1. The molecular weight excluding hydrogens is 300 g/mol. The molecule has 0 radical (unpaired) electrons. The molecule has 3 aromatic carbocycles. The maximum Gasteiger partial charge on any atom is 0.256 e. The number of carbonyl (C=O) groups is 1. The van der Waals surface area contributed by atoms with Gasteiger partial charge in [-0.25, -0.2) is 4.98 Å². The summed E-state index contributed by atoms with van der Waals surface area (Å²) in [4.78, 5) is 19.9. The number of H-pyrrole nitrogens is 1. The number of rotatable bonds is 2.